The first-order valence-electron chi connectivity index (χ1n) is 10.1. The van der Waals surface area contributed by atoms with Gasteiger partial charge in [0, 0.05) is 0 Å². The number of hydrogen-bond donors (Lipinski definition) is 1. The summed E-state index contributed by atoms with van der Waals surface area (Å²) in [6.45, 7) is 3.46. The molecule has 1 N–H and O–H groups in total. The van der Waals surface area contributed by atoms with Crippen molar-refractivity contribution in [3.05, 3.63) is 100 Å². The van der Waals surface area contributed by atoms with Crippen LogP contribution in [-0.4, -0.2) is 28.3 Å². The van der Waals surface area contributed by atoms with Gasteiger partial charge in [-0.3, -0.25) is 14.2 Å². The highest BCUT2D eigenvalue weighted by molar-refractivity contribution is 5.85. The van der Waals surface area contributed by atoms with Crippen molar-refractivity contribution in [3.63, 3.8) is 0 Å². The van der Waals surface area contributed by atoms with E-state index in [4.69, 9.17) is 4.74 Å². The smallest absolute Gasteiger partial charge is 0.277 e. The van der Waals surface area contributed by atoms with Gasteiger partial charge in [0.15, 0.2) is 6.61 Å². The maximum Gasteiger partial charge on any atom is 0.277 e. The summed E-state index contributed by atoms with van der Waals surface area (Å²) in [5.74, 6) is 0.478. The summed E-state index contributed by atoms with van der Waals surface area (Å²) in [5, 5.41) is 4.34. The van der Waals surface area contributed by atoms with E-state index in [0.717, 1.165) is 16.8 Å². The SMILES string of the molecule is Cc1ccccc1-n1c(C)nc2c(OCC(=O)N/N=C\c3ccccc3)cccc2c1=O. The number of hydrazone groups is 1. The van der Waals surface area contributed by atoms with Crippen molar-refractivity contribution in [2.24, 2.45) is 5.10 Å². The third kappa shape index (κ3) is 4.41. The molecule has 3 aromatic carbocycles. The maximum absolute atomic E-state index is 13.2. The van der Waals surface area contributed by atoms with Crippen LogP contribution < -0.4 is 15.7 Å². The summed E-state index contributed by atoms with van der Waals surface area (Å²) < 4.78 is 7.26. The Hall–Kier alpha value is -4.26. The van der Waals surface area contributed by atoms with Crippen LogP contribution in [0.2, 0.25) is 0 Å². The number of carbonyl (C=O) groups is 1. The van der Waals surface area contributed by atoms with Crippen LogP contribution in [0.4, 0.5) is 0 Å². The molecule has 0 unspecified atom stereocenters. The third-order valence-electron chi connectivity index (χ3n) is 4.95. The lowest BCUT2D eigenvalue weighted by Crippen LogP contribution is -2.25. The molecule has 4 aromatic rings. The van der Waals surface area contributed by atoms with Crippen molar-refractivity contribution < 1.29 is 9.53 Å². The Labute approximate surface area is 185 Å². The fourth-order valence-corrected chi connectivity index (χ4v) is 3.40. The summed E-state index contributed by atoms with van der Waals surface area (Å²) in [4.78, 5) is 30.0. The summed E-state index contributed by atoms with van der Waals surface area (Å²) in [7, 11) is 0. The number of para-hydroxylation sites is 2. The van der Waals surface area contributed by atoms with Gasteiger partial charge in [0.05, 0.1) is 17.3 Å². The van der Waals surface area contributed by atoms with Gasteiger partial charge >= 0.3 is 0 Å². The van der Waals surface area contributed by atoms with E-state index in [9.17, 15) is 9.59 Å². The Bertz CT molecular complexity index is 1360. The van der Waals surface area contributed by atoms with Crippen molar-refractivity contribution in [1.29, 1.82) is 0 Å². The molecule has 1 amide bonds. The minimum atomic E-state index is -0.417. The van der Waals surface area contributed by atoms with Gasteiger partial charge in [0.1, 0.15) is 17.1 Å². The number of carbonyl (C=O) groups excluding carboxylic acids is 1. The minimum absolute atomic E-state index is 0.191. The number of nitrogens with one attached hydrogen (secondary N) is 1. The molecule has 0 fully saturated rings. The molecule has 0 saturated heterocycles. The van der Waals surface area contributed by atoms with Crippen LogP contribution in [0.15, 0.2) is 82.7 Å². The van der Waals surface area contributed by atoms with Gasteiger partial charge in [-0.2, -0.15) is 5.10 Å². The van der Waals surface area contributed by atoms with Gasteiger partial charge in [-0.1, -0.05) is 54.6 Å². The Kier molecular flexibility index (Phi) is 6.07. The molecule has 7 nitrogen and oxygen atoms in total. The van der Waals surface area contributed by atoms with Crippen LogP contribution in [0.5, 0.6) is 5.75 Å². The predicted molar refractivity (Wildman–Crippen MR) is 124 cm³/mol. The van der Waals surface area contributed by atoms with Crippen molar-refractivity contribution in [2.75, 3.05) is 6.61 Å². The molecule has 4 rings (SSSR count). The molecule has 32 heavy (non-hydrogen) atoms. The monoisotopic (exact) mass is 426 g/mol. The zero-order valence-corrected chi connectivity index (χ0v) is 17.8. The first-order chi connectivity index (χ1) is 15.5. The Morgan fingerprint density at radius 2 is 1.78 bits per heavy atom. The van der Waals surface area contributed by atoms with Crippen LogP contribution >= 0.6 is 0 Å². The van der Waals surface area contributed by atoms with E-state index in [1.807, 2.05) is 61.5 Å². The highest BCUT2D eigenvalue weighted by Gasteiger charge is 2.15. The number of ether oxygens (including phenoxy) is 1. The summed E-state index contributed by atoms with van der Waals surface area (Å²) in [5.41, 5.74) is 5.28. The lowest BCUT2D eigenvalue weighted by molar-refractivity contribution is -0.123. The number of benzene rings is 3. The molecule has 0 bridgehead atoms. The fourth-order valence-electron chi connectivity index (χ4n) is 3.40. The van der Waals surface area contributed by atoms with Gasteiger partial charge in [-0.05, 0) is 43.2 Å². The number of hydrogen-bond acceptors (Lipinski definition) is 5. The number of nitrogens with zero attached hydrogens (tertiary/aromatic N) is 3. The first kappa shape index (κ1) is 21.0. The number of amides is 1. The predicted octanol–water partition coefficient (Wildman–Crippen LogP) is 3.53. The highest BCUT2D eigenvalue weighted by atomic mass is 16.5. The summed E-state index contributed by atoms with van der Waals surface area (Å²) in [6.07, 6.45) is 1.55. The molecule has 0 aliphatic rings. The average molecular weight is 426 g/mol. The molecular formula is C25H22N4O3. The largest absolute Gasteiger partial charge is 0.481 e. The number of aryl methyl sites for hydroxylation is 2. The van der Waals surface area contributed by atoms with Crippen molar-refractivity contribution in [3.8, 4) is 11.4 Å². The Morgan fingerprint density at radius 3 is 2.56 bits per heavy atom. The molecule has 0 spiro atoms. The second kappa shape index (κ2) is 9.26. The standard InChI is InChI=1S/C25H22N4O3/c1-17-9-6-7-13-21(17)29-18(2)27-24-20(25(29)31)12-8-14-22(24)32-16-23(30)28-26-15-19-10-4-3-5-11-19/h3-15H,16H2,1-2H3,(H,28,30)/b26-15-. The number of rotatable bonds is 6. The molecular weight excluding hydrogens is 404 g/mol. The normalized spacial score (nSPS) is 11.1. The van der Waals surface area contributed by atoms with E-state index in [-0.39, 0.29) is 12.2 Å². The number of aromatic nitrogens is 2. The van der Waals surface area contributed by atoms with Crippen LogP contribution in [0.3, 0.4) is 0 Å². The molecule has 0 aliphatic heterocycles. The Balaban J connectivity index is 1.55. The Morgan fingerprint density at radius 1 is 1.03 bits per heavy atom. The molecule has 0 radical (unpaired) electrons. The van der Waals surface area contributed by atoms with Gasteiger partial charge < -0.3 is 4.74 Å². The summed E-state index contributed by atoms with van der Waals surface area (Å²) >= 11 is 0. The topological polar surface area (TPSA) is 85.6 Å². The zero-order chi connectivity index (χ0) is 22.5. The van der Waals surface area contributed by atoms with Crippen LogP contribution in [0.25, 0.3) is 16.6 Å². The lowest BCUT2D eigenvalue weighted by atomic mass is 10.1. The van der Waals surface area contributed by atoms with Crippen LogP contribution in [0, 0.1) is 13.8 Å². The summed E-state index contributed by atoms with van der Waals surface area (Å²) in [6, 6.07) is 22.2. The van der Waals surface area contributed by atoms with Crippen molar-refractivity contribution in [2.45, 2.75) is 13.8 Å². The molecule has 0 aliphatic carbocycles. The van der Waals surface area contributed by atoms with Crippen molar-refractivity contribution >= 4 is 23.0 Å². The molecule has 1 aromatic heterocycles. The van der Waals surface area contributed by atoms with E-state index in [1.165, 1.54) is 0 Å². The van der Waals surface area contributed by atoms with E-state index in [1.54, 1.807) is 35.9 Å². The lowest BCUT2D eigenvalue weighted by Gasteiger charge is -2.14. The second-order valence-electron chi connectivity index (χ2n) is 7.23. The molecule has 160 valence electrons. The average Bonchev–Trinajstić information content (AvgIpc) is 2.80. The van der Waals surface area contributed by atoms with E-state index in [0.29, 0.717) is 22.5 Å². The van der Waals surface area contributed by atoms with E-state index >= 15 is 0 Å². The third-order valence-corrected chi connectivity index (χ3v) is 4.95. The van der Waals surface area contributed by atoms with Crippen LogP contribution in [-0.2, 0) is 4.79 Å². The van der Waals surface area contributed by atoms with Gasteiger partial charge in [0.25, 0.3) is 11.5 Å². The minimum Gasteiger partial charge on any atom is -0.481 e. The highest BCUT2D eigenvalue weighted by Crippen LogP contribution is 2.23. The molecule has 0 saturated carbocycles. The molecule has 0 atom stereocenters. The van der Waals surface area contributed by atoms with E-state index < -0.39 is 5.91 Å². The molecule has 7 heteroatoms. The first-order valence-corrected chi connectivity index (χ1v) is 10.1. The van der Waals surface area contributed by atoms with Gasteiger partial charge in [-0.15, -0.1) is 0 Å². The van der Waals surface area contributed by atoms with Gasteiger partial charge in [-0.25, -0.2) is 10.4 Å². The molecule has 1 heterocycles. The van der Waals surface area contributed by atoms with E-state index in [2.05, 4.69) is 15.5 Å². The zero-order valence-electron chi connectivity index (χ0n) is 17.8. The number of fused-ring (bicyclic) bond motifs is 1. The van der Waals surface area contributed by atoms with Crippen LogP contribution in [0.1, 0.15) is 17.0 Å². The van der Waals surface area contributed by atoms with Gasteiger partial charge in [0.2, 0.25) is 0 Å². The fraction of sp³-hybridized carbons (Fsp3) is 0.120. The van der Waals surface area contributed by atoms with Crippen molar-refractivity contribution in [1.82, 2.24) is 15.0 Å². The second-order valence-corrected chi connectivity index (χ2v) is 7.23. The quantitative estimate of drug-likeness (QED) is 0.378. The maximum atomic E-state index is 13.2.